The van der Waals surface area contributed by atoms with Gasteiger partial charge in [0.25, 0.3) is 0 Å². The fourth-order valence-corrected chi connectivity index (χ4v) is 1.67. The summed E-state index contributed by atoms with van der Waals surface area (Å²) in [4.78, 5) is 4.45. The maximum Gasteiger partial charge on any atom is 0.0702 e. The Labute approximate surface area is 145 Å². The van der Waals surface area contributed by atoms with Crippen molar-refractivity contribution in [3.05, 3.63) is 42.1 Å². The Morgan fingerprint density at radius 3 is 2.21 bits per heavy atom. The fourth-order valence-electron chi connectivity index (χ4n) is 1.67. The summed E-state index contributed by atoms with van der Waals surface area (Å²) in [5.41, 5.74) is 2.54. The van der Waals surface area contributed by atoms with Crippen LogP contribution in [0.15, 0.2) is 36.5 Å². The zero-order valence-corrected chi connectivity index (χ0v) is 14.7. The zero-order chi connectivity index (χ0) is 17.1. The molecular weight excluding hydrogens is 292 g/mol. The second-order valence-corrected chi connectivity index (χ2v) is 5.69. The molecule has 2 rings (SSSR count). The largest absolute Gasteiger partial charge is 0.344 e. The summed E-state index contributed by atoms with van der Waals surface area (Å²) < 4.78 is 0. The van der Waals surface area contributed by atoms with E-state index in [4.69, 9.17) is 6.42 Å². The first-order chi connectivity index (χ1) is 11.0. The minimum atomic E-state index is 0. The number of pyridine rings is 1. The minimum Gasteiger partial charge on any atom is -0.344 e. The van der Waals surface area contributed by atoms with Gasteiger partial charge < -0.3 is 6.15 Å². The molecule has 1 aromatic heterocycles. The van der Waals surface area contributed by atoms with E-state index in [9.17, 15) is 0 Å². The first-order valence-electron chi connectivity index (χ1n) is 7.21. The van der Waals surface area contributed by atoms with E-state index in [1.165, 1.54) is 10.9 Å². The summed E-state index contributed by atoms with van der Waals surface area (Å²) >= 11 is 0. The average molecular weight is 314 g/mol. The number of hydrogen-bond acceptors (Lipinski definition) is 2. The van der Waals surface area contributed by atoms with Gasteiger partial charge >= 0.3 is 0 Å². The molecule has 0 bridgehead atoms. The first kappa shape index (κ1) is 20.8. The van der Waals surface area contributed by atoms with E-state index < -0.39 is 0 Å². The van der Waals surface area contributed by atoms with Crippen molar-refractivity contribution in [3.63, 3.8) is 0 Å². The molecule has 0 saturated heterocycles. The molecule has 120 valence electrons. The monoisotopic (exact) mass is 314 g/mol. The van der Waals surface area contributed by atoms with Crippen LogP contribution in [0.25, 0.3) is 10.9 Å². The number of hydrogen-bond donors (Lipinski definition) is 1. The average Bonchev–Trinajstić information content (AvgIpc) is 2.54. The number of aromatic nitrogens is 1. The van der Waals surface area contributed by atoms with Gasteiger partial charge in [0.05, 0.1) is 5.52 Å². The van der Waals surface area contributed by atoms with E-state index in [0.29, 0.717) is 0 Å². The molecule has 0 aliphatic carbocycles. The summed E-state index contributed by atoms with van der Waals surface area (Å²) in [7, 11) is 0. The molecule has 0 saturated carbocycles. The maximum absolute atomic E-state index is 4.82. The molecule has 0 aliphatic heterocycles. The number of terminal acetylenes is 1. The van der Waals surface area contributed by atoms with Crippen molar-refractivity contribution in [2.75, 3.05) is 0 Å². The lowest BCUT2D eigenvalue weighted by molar-refractivity contribution is 0.589. The lowest BCUT2D eigenvalue weighted by Crippen LogP contribution is -2.11. The molecule has 0 aliphatic rings. The lowest BCUT2D eigenvalue weighted by atomic mass is 9.88. The van der Waals surface area contributed by atoms with E-state index in [1.54, 1.807) is 6.92 Å². The standard InChI is InChI=1S/C13H15N.C9H4.H3N/c1-13(2,3)11-8-10-6-4-5-7-12(10)14-9-11;1-3-5-7-9-8-6-4-2;/h4-9H,1-3H3;1H,2H3;1H3. The van der Waals surface area contributed by atoms with Crippen molar-refractivity contribution in [2.45, 2.75) is 33.1 Å². The number of nitrogens with zero attached hydrogens (tertiary/aromatic N) is 1. The molecule has 1 heterocycles. The molecule has 2 aromatic rings. The summed E-state index contributed by atoms with van der Waals surface area (Å²) in [6.07, 6.45) is 6.79. The Hall–Kier alpha value is -3.17. The van der Waals surface area contributed by atoms with Gasteiger partial charge in [0.1, 0.15) is 0 Å². The Kier molecular flexibility index (Phi) is 9.15. The highest BCUT2D eigenvalue weighted by Crippen LogP contribution is 2.24. The molecule has 0 unspecified atom stereocenters. The van der Waals surface area contributed by atoms with Gasteiger partial charge in [-0.3, -0.25) is 4.98 Å². The summed E-state index contributed by atoms with van der Waals surface area (Å²) in [5, 5.41) is 1.22. The normalized spacial score (nSPS) is 8.29. The van der Waals surface area contributed by atoms with Crippen LogP contribution in [0.5, 0.6) is 0 Å². The maximum atomic E-state index is 4.82. The molecule has 1 aromatic carbocycles. The molecule has 0 atom stereocenters. The second kappa shape index (κ2) is 10.5. The SMILES string of the molecule is C#CC#CC#CC#CC.CC(C)(C)c1cnc2ccccc2c1.N. The van der Waals surface area contributed by atoms with Crippen molar-refractivity contribution in [1.82, 2.24) is 11.1 Å². The zero-order valence-electron chi connectivity index (χ0n) is 14.7. The van der Waals surface area contributed by atoms with Crippen LogP contribution >= 0.6 is 0 Å². The van der Waals surface area contributed by atoms with Gasteiger partial charge in [0, 0.05) is 11.6 Å². The molecule has 2 nitrogen and oxygen atoms in total. The third-order valence-electron chi connectivity index (χ3n) is 2.90. The van der Waals surface area contributed by atoms with Gasteiger partial charge in [-0.2, -0.15) is 0 Å². The molecule has 24 heavy (non-hydrogen) atoms. The first-order valence-corrected chi connectivity index (χ1v) is 7.21. The summed E-state index contributed by atoms with van der Waals surface area (Å²) in [6.45, 7) is 8.33. The fraction of sp³-hybridized carbons (Fsp3) is 0.227. The lowest BCUT2D eigenvalue weighted by Gasteiger charge is -2.18. The molecule has 2 heteroatoms. The number of benzene rings is 1. The van der Waals surface area contributed by atoms with Gasteiger partial charge in [-0.15, -0.1) is 6.42 Å². The predicted molar refractivity (Wildman–Crippen MR) is 103 cm³/mol. The molecular formula is C22H22N2. The predicted octanol–water partition coefficient (Wildman–Crippen LogP) is 4.34. The Balaban J connectivity index is 0.000000468. The van der Waals surface area contributed by atoms with E-state index in [-0.39, 0.29) is 11.6 Å². The van der Waals surface area contributed by atoms with Gasteiger partial charge in [0.15, 0.2) is 0 Å². The highest BCUT2D eigenvalue weighted by atomic mass is 14.7. The van der Waals surface area contributed by atoms with Crippen LogP contribution in [0.3, 0.4) is 0 Å². The van der Waals surface area contributed by atoms with Crippen LogP contribution in [0.1, 0.15) is 33.3 Å². The molecule has 0 fully saturated rings. The highest BCUT2D eigenvalue weighted by molar-refractivity contribution is 5.78. The van der Waals surface area contributed by atoms with Gasteiger partial charge in [-0.1, -0.05) is 44.9 Å². The molecule has 0 spiro atoms. The van der Waals surface area contributed by atoms with Crippen LogP contribution in [-0.2, 0) is 5.41 Å². The van der Waals surface area contributed by atoms with Crippen molar-refractivity contribution < 1.29 is 0 Å². The van der Waals surface area contributed by atoms with E-state index >= 15 is 0 Å². The quantitative estimate of drug-likeness (QED) is 0.735. The third kappa shape index (κ3) is 7.20. The number of para-hydroxylation sites is 1. The number of rotatable bonds is 0. The minimum absolute atomic E-state index is 0. The van der Waals surface area contributed by atoms with Crippen molar-refractivity contribution in [3.8, 4) is 47.9 Å². The summed E-state index contributed by atoms with van der Waals surface area (Å²) in [5.74, 6) is 17.0. The number of fused-ring (bicyclic) bond motifs is 1. The molecule has 0 amide bonds. The highest BCUT2D eigenvalue weighted by Gasteiger charge is 2.13. The van der Waals surface area contributed by atoms with Gasteiger partial charge in [0.2, 0.25) is 0 Å². The van der Waals surface area contributed by atoms with Crippen LogP contribution in [0.2, 0.25) is 0 Å². The molecule has 0 radical (unpaired) electrons. The van der Waals surface area contributed by atoms with E-state index in [0.717, 1.165) is 5.52 Å². The van der Waals surface area contributed by atoms with Crippen LogP contribution < -0.4 is 6.15 Å². The smallest absolute Gasteiger partial charge is 0.0702 e. The van der Waals surface area contributed by atoms with Crippen molar-refractivity contribution in [1.29, 1.82) is 0 Å². The summed E-state index contributed by atoms with van der Waals surface area (Å²) in [6, 6.07) is 10.4. The van der Waals surface area contributed by atoms with Crippen LogP contribution in [0, 0.1) is 47.9 Å². The Morgan fingerprint density at radius 1 is 0.958 bits per heavy atom. The van der Waals surface area contributed by atoms with Crippen LogP contribution in [0.4, 0.5) is 0 Å². The van der Waals surface area contributed by atoms with Gasteiger partial charge in [-0.05, 0) is 65.6 Å². The van der Waals surface area contributed by atoms with Crippen molar-refractivity contribution >= 4 is 10.9 Å². The third-order valence-corrected chi connectivity index (χ3v) is 2.90. The van der Waals surface area contributed by atoms with E-state index in [2.05, 4.69) is 85.4 Å². The van der Waals surface area contributed by atoms with E-state index in [1.807, 2.05) is 18.3 Å². The second-order valence-electron chi connectivity index (χ2n) is 5.69. The van der Waals surface area contributed by atoms with Gasteiger partial charge in [-0.25, -0.2) is 0 Å². The topological polar surface area (TPSA) is 47.9 Å². The van der Waals surface area contributed by atoms with Crippen molar-refractivity contribution in [2.24, 2.45) is 0 Å². The Bertz CT molecular complexity index is 890. The molecule has 3 N–H and O–H groups in total. The Morgan fingerprint density at radius 2 is 1.58 bits per heavy atom. The van der Waals surface area contributed by atoms with Crippen LogP contribution in [-0.4, -0.2) is 4.98 Å².